The number of aromatic nitrogens is 3. The fourth-order valence-electron chi connectivity index (χ4n) is 6.02. The van der Waals surface area contributed by atoms with Crippen LogP contribution in [0.25, 0.3) is 23.1 Å². The molecule has 1 aliphatic heterocycles. The Morgan fingerprint density at radius 2 is 1.45 bits per heavy atom. The van der Waals surface area contributed by atoms with Crippen LogP contribution in [-0.4, -0.2) is 76.1 Å². The Balaban J connectivity index is 1.00. The first-order valence-corrected chi connectivity index (χ1v) is 16.4. The summed E-state index contributed by atoms with van der Waals surface area (Å²) in [7, 11) is 5.25. The highest BCUT2D eigenvalue weighted by Gasteiger charge is 2.20. The highest BCUT2D eigenvalue weighted by atomic mass is 16.5. The fourth-order valence-corrected chi connectivity index (χ4v) is 6.02. The van der Waals surface area contributed by atoms with Crippen molar-refractivity contribution in [2.75, 3.05) is 43.9 Å². The average molecular weight is 660 g/mol. The molecule has 49 heavy (non-hydrogen) atoms. The van der Waals surface area contributed by atoms with Crippen LogP contribution in [0.4, 0.5) is 11.4 Å². The predicted octanol–water partition coefficient (Wildman–Crippen LogP) is 5.43. The number of anilines is 2. The van der Waals surface area contributed by atoms with Gasteiger partial charge in [-0.2, -0.15) is 0 Å². The molecule has 4 heterocycles. The molecule has 3 N–H and O–H groups in total. The van der Waals surface area contributed by atoms with E-state index in [1.807, 2.05) is 54.7 Å². The molecule has 0 unspecified atom stereocenters. The van der Waals surface area contributed by atoms with Gasteiger partial charge in [-0.3, -0.25) is 19.4 Å². The number of piperidine rings is 1. The minimum absolute atomic E-state index is 0.204. The van der Waals surface area contributed by atoms with E-state index in [4.69, 9.17) is 4.74 Å². The van der Waals surface area contributed by atoms with Gasteiger partial charge in [-0.15, -0.1) is 0 Å². The van der Waals surface area contributed by atoms with Gasteiger partial charge in [0.15, 0.2) is 0 Å². The second-order valence-corrected chi connectivity index (χ2v) is 12.3. The first-order chi connectivity index (χ1) is 23.7. The number of hydrogen-bond acceptors (Lipinski definition) is 6. The average Bonchev–Trinajstić information content (AvgIpc) is 3.68. The third kappa shape index (κ3) is 8.32. The zero-order valence-corrected chi connectivity index (χ0v) is 28.0. The number of carbonyl (C=O) groups is 3. The van der Waals surface area contributed by atoms with E-state index in [-0.39, 0.29) is 17.7 Å². The smallest absolute Gasteiger partial charge is 0.272 e. The summed E-state index contributed by atoms with van der Waals surface area (Å²) >= 11 is 0. The highest BCUT2D eigenvalue weighted by Crippen LogP contribution is 2.20. The third-order valence-electron chi connectivity index (χ3n) is 8.83. The van der Waals surface area contributed by atoms with Crippen LogP contribution in [0.5, 0.6) is 0 Å². The maximum absolute atomic E-state index is 13.2. The number of para-hydroxylation sites is 1. The van der Waals surface area contributed by atoms with Gasteiger partial charge >= 0.3 is 0 Å². The number of pyridine rings is 1. The van der Waals surface area contributed by atoms with Crippen LogP contribution in [0.1, 0.15) is 55.3 Å². The summed E-state index contributed by atoms with van der Waals surface area (Å²) in [4.78, 5) is 45.9. The van der Waals surface area contributed by atoms with Crippen molar-refractivity contribution in [1.82, 2.24) is 24.3 Å². The van der Waals surface area contributed by atoms with E-state index in [2.05, 4.69) is 31.9 Å². The fraction of sp³-hybridized carbons (Fsp3) is 0.263. The quantitative estimate of drug-likeness (QED) is 0.174. The van der Waals surface area contributed by atoms with Crippen LogP contribution in [0.15, 0.2) is 85.3 Å². The number of benzene rings is 2. The number of methoxy groups -OCH3 is 1. The molecule has 0 saturated carbocycles. The number of carbonyl (C=O) groups excluding carboxylic acids is 3. The SMILES string of the molecule is COC1CCN(CCNC(=O)c2cc(NC(=O)c3cc(NC(=O)c4ccc(/C=C/c5cnc6ccccc6c5)cc4)cn3C)cn2C)CC1. The molecule has 1 saturated heterocycles. The molecule has 252 valence electrons. The van der Waals surface area contributed by atoms with Crippen molar-refractivity contribution in [2.24, 2.45) is 14.1 Å². The minimum atomic E-state index is -0.363. The molecule has 0 aliphatic carbocycles. The summed E-state index contributed by atoms with van der Waals surface area (Å²) in [5.41, 5.74) is 5.17. The van der Waals surface area contributed by atoms with Gasteiger partial charge in [-0.25, -0.2) is 0 Å². The van der Waals surface area contributed by atoms with Crippen molar-refractivity contribution in [2.45, 2.75) is 18.9 Å². The molecule has 0 bridgehead atoms. The van der Waals surface area contributed by atoms with Crippen molar-refractivity contribution >= 4 is 52.2 Å². The Morgan fingerprint density at radius 1 is 0.816 bits per heavy atom. The Labute approximate surface area is 285 Å². The summed E-state index contributed by atoms with van der Waals surface area (Å²) in [5, 5.41) is 9.80. The Kier molecular flexibility index (Phi) is 10.3. The van der Waals surface area contributed by atoms with Crippen LogP contribution in [0, 0.1) is 0 Å². The maximum atomic E-state index is 13.2. The maximum Gasteiger partial charge on any atom is 0.272 e. The number of aryl methyl sites for hydroxylation is 2. The molecule has 3 amide bonds. The van der Waals surface area contributed by atoms with Gasteiger partial charge in [0.2, 0.25) is 0 Å². The summed E-state index contributed by atoms with van der Waals surface area (Å²) in [6.45, 7) is 3.22. The van der Waals surface area contributed by atoms with Gasteiger partial charge in [0.05, 0.1) is 23.0 Å². The lowest BCUT2D eigenvalue weighted by Crippen LogP contribution is -2.41. The topological polar surface area (TPSA) is 123 Å². The van der Waals surface area contributed by atoms with Gasteiger partial charge in [-0.05, 0) is 60.4 Å². The molecule has 6 rings (SSSR count). The highest BCUT2D eigenvalue weighted by molar-refractivity contribution is 6.07. The van der Waals surface area contributed by atoms with Gasteiger partial charge in [0, 0.05) is 76.9 Å². The van der Waals surface area contributed by atoms with Crippen LogP contribution in [-0.2, 0) is 18.8 Å². The molecule has 2 aromatic carbocycles. The molecule has 0 radical (unpaired) electrons. The van der Waals surface area contributed by atoms with E-state index in [1.165, 1.54) is 0 Å². The van der Waals surface area contributed by atoms with Gasteiger partial charge in [0.25, 0.3) is 17.7 Å². The predicted molar refractivity (Wildman–Crippen MR) is 193 cm³/mol. The monoisotopic (exact) mass is 659 g/mol. The summed E-state index contributed by atoms with van der Waals surface area (Å²) < 4.78 is 8.76. The molecule has 1 fully saturated rings. The number of fused-ring (bicyclic) bond motifs is 1. The van der Waals surface area contributed by atoms with Gasteiger partial charge in [0.1, 0.15) is 11.4 Å². The largest absolute Gasteiger partial charge is 0.381 e. The van der Waals surface area contributed by atoms with E-state index < -0.39 is 0 Å². The zero-order chi connectivity index (χ0) is 34.3. The van der Waals surface area contributed by atoms with Crippen molar-refractivity contribution in [3.8, 4) is 0 Å². The van der Waals surface area contributed by atoms with Crippen molar-refractivity contribution in [3.05, 3.63) is 113 Å². The normalized spacial score (nSPS) is 13.9. The number of hydrogen-bond donors (Lipinski definition) is 3. The van der Waals surface area contributed by atoms with E-state index >= 15 is 0 Å². The number of rotatable bonds is 11. The molecular weight excluding hydrogens is 618 g/mol. The van der Waals surface area contributed by atoms with Crippen molar-refractivity contribution in [3.63, 3.8) is 0 Å². The molecule has 3 aromatic heterocycles. The number of likely N-dealkylation sites (tertiary alicyclic amines) is 1. The second kappa shape index (κ2) is 15.1. The molecule has 1 aliphatic rings. The Morgan fingerprint density at radius 3 is 2.14 bits per heavy atom. The summed E-state index contributed by atoms with van der Waals surface area (Å²) in [6, 6.07) is 20.6. The third-order valence-corrected chi connectivity index (χ3v) is 8.83. The standard InChI is InChI=1S/C38H41N7O4/c1-43-25-31(21-34(43)37(47)39-16-19-45-17-14-32(49-3)15-18-45)42-38(48)35-22-30(24-44(35)2)41-36(46)28-12-10-26(11-13-28)8-9-27-20-29-6-4-5-7-33(29)40-23-27/h4-13,20-25,32H,14-19H2,1-3H3,(H,39,47)(H,41,46)(H,42,48)/b9-8+. The summed E-state index contributed by atoms with van der Waals surface area (Å²) in [6.07, 6.45) is 11.5. The minimum Gasteiger partial charge on any atom is -0.381 e. The van der Waals surface area contributed by atoms with Crippen LogP contribution >= 0.6 is 0 Å². The number of ether oxygens (including phenoxy) is 1. The van der Waals surface area contributed by atoms with Gasteiger partial charge in [-0.1, -0.05) is 42.5 Å². The van der Waals surface area contributed by atoms with E-state index in [1.54, 1.807) is 67.0 Å². The van der Waals surface area contributed by atoms with E-state index in [0.717, 1.165) is 54.5 Å². The van der Waals surface area contributed by atoms with Crippen LogP contribution in [0.2, 0.25) is 0 Å². The van der Waals surface area contributed by atoms with Crippen molar-refractivity contribution < 1.29 is 19.1 Å². The summed E-state index contributed by atoms with van der Waals surface area (Å²) in [5.74, 6) is -0.854. The molecule has 5 aromatic rings. The molecule has 11 nitrogen and oxygen atoms in total. The number of amides is 3. The Bertz CT molecular complexity index is 1980. The zero-order valence-electron chi connectivity index (χ0n) is 28.0. The van der Waals surface area contributed by atoms with Crippen molar-refractivity contribution in [1.29, 1.82) is 0 Å². The van der Waals surface area contributed by atoms with Crippen LogP contribution < -0.4 is 16.0 Å². The number of nitrogens with one attached hydrogen (secondary N) is 3. The first kappa shape index (κ1) is 33.4. The second-order valence-electron chi connectivity index (χ2n) is 12.3. The van der Waals surface area contributed by atoms with E-state index in [0.29, 0.717) is 41.0 Å². The lowest BCUT2D eigenvalue weighted by molar-refractivity contribution is 0.0413. The number of nitrogens with zero attached hydrogens (tertiary/aromatic N) is 4. The Hall–Kier alpha value is -5.52. The first-order valence-electron chi connectivity index (χ1n) is 16.4. The van der Waals surface area contributed by atoms with E-state index in [9.17, 15) is 14.4 Å². The molecule has 0 spiro atoms. The molecular formula is C38H41N7O4. The lowest BCUT2D eigenvalue weighted by atomic mass is 10.1. The lowest BCUT2D eigenvalue weighted by Gasteiger charge is -2.31. The van der Waals surface area contributed by atoms with Gasteiger partial charge < -0.3 is 34.7 Å². The molecule has 0 atom stereocenters. The van der Waals surface area contributed by atoms with Crippen LogP contribution in [0.3, 0.4) is 0 Å². The molecule has 11 heteroatoms.